The molecule has 0 bridgehead atoms. The zero-order valence-corrected chi connectivity index (χ0v) is 16.8. The van der Waals surface area contributed by atoms with Gasteiger partial charge >= 0.3 is 0 Å². The molecule has 2 aromatic carbocycles. The van der Waals surface area contributed by atoms with Gasteiger partial charge in [-0.25, -0.2) is 0 Å². The fourth-order valence-corrected chi connectivity index (χ4v) is 2.85. The molecule has 144 valence electrons. The van der Waals surface area contributed by atoms with E-state index in [1.165, 1.54) is 30.3 Å². The maximum atomic E-state index is 12.4. The predicted molar refractivity (Wildman–Crippen MR) is 111 cm³/mol. The van der Waals surface area contributed by atoms with Gasteiger partial charge in [0.25, 0.3) is 5.91 Å². The first-order valence-corrected chi connectivity index (χ1v) is 9.20. The number of nitriles is 1. The summed E-state index contributed by atoms with van der Waals surface area (Å²) < 4.78 is 11.9. The van der Waals surface area contributed by atoms with Crippen LogP contribution in [0.1, 0.15) is 12.5 Å². The summed E-state index contributed by atoms with van der Waals surface area (Å²) in [5, 5.41) is 21.3. The smallest absolute Gasteiger partial charge is 0.266 e. The Balaban J connectivity index is 2.31. The largest absolute Gasteiger partial charge is 0.508 e. The number of aromatic hydroxyl groups is 1. The standard InChI is InChI=1S/C21H19BrN2O4/c1-3-9-28-20-18(22)11-14(12-19(20)27-4-2)10-15(13-23)21(26)24-16-5-7-17(25)8-6-16/h3,5-8,10-12,25H,1,4,9H2,2H3,(H,24,26)/b15-10-. The average molecular weight is 443 g/mol. The normalized spacial score (nSPS) is 10.7. The lowest BCUT2D eigenvalue weighted by Crippen LogP contribution is -2.13. The molecule has 2 aromatic rings. The molecule has 7 heteroatoms. The van der Waals surface area contributed by atoms with E-state index in [-0.39, 0.29) is 11.3 Å². The highest BCUT2D eigenvalue weighted by atomic mass is 79.9. The molecule has 0 aromatic heterocycles. The number of phenolic OH excluding ortho intramolecular Hbond substituents is 1. The van der Waals surface area contributed by atoms with Crippen molar-refractivity contribution in [1.29, 1.82) is 5.26 Å². The van der Waals surface area contributed by atoms with Gasteiger partial charge in [-0.3, -0.25) is 4.79 Å². The molecule has 0 radical (unpaired) electrons. The second kappa shape index (κ2) is 10.2. The van der Waals surface area contributed by atoms with Crippen LogP contribution >= 0.6 is 15.9 Å². The number of amides is 1. The van der Waals surface area contributed by atoms with Gasteiger partial charge in [-0.05, 0) is 70.9 Å². The van der Waals surface area contributed by atoms with E-state index in [0.29, 0.717) is 40.4 Å². The molecule has 2 rings (SSSR count). The molecule has 0 aliphatic carbocycles. The maximum Gasteiger partial charge on any atom is 0.266 e. The number of nitrogens with one attached hydrogen (secondary N) is 1. The molecular formula is C21H19BrN2O4. The molecule has 0 saturated carbocycles. The van der Waals surface area contributed by atoms with Crippen molar-refractivity contribution in [3.8, 4) is 23.3 Å². The third-order valence-corrected chi connectivity index (χ3v) is 4.07. The summed E-state index contributed by atoms with van der Waals surface area (Å²) >= 11 is 3.43. The number of nitrogens with zero attached hydrogens (tertiary/aromatic N) is 1. The second-order valence-corrected chi connectivity index (χ2v) is 6.39. The Morgan fingerprint density at radius 3 is 2.64 bits per heavy atom. The number of hydrogen-bond acceptors (Lipinski definition) is 5. The molecule has 0 spiro atoms. The molecule has 0 atom stereocenters. The maximum absolute atomic E-state index is 12.4. The van der Waals surface area contributed by atoms with Crippen LogP contribution < -0.4 is 14.8 Å². The van der Waals surface area contributed by atoms with Gasteiger partial charge in [0, 0.05) is 5.69 Å². The number of benzene rings is 2. The molecule has 0 aliphatic heterocycles. The Hall–Kier alpha value is -3.24. The topological polar surface area (TPSA) is 91.6 Å². The van der Waals surface area contributed by atoms with Crippen LogP contribution in [0.2, 0.25) is 0 Å². The minimum absolute atomic E-state index is 0.0813. The first-order chi connectivity index (χ1) is 13.5. The summed E-state index contributed by atoms with van der Waals surface area (Å²) in [6, 6.07) is 11.3. The number of anilines is 1. The molecule has 0 fully saturated rings. The lowest BCUT2D eigenvalue weighted by molar-refractivity contribution is -0.112. The van der Waals surface area contributed by atoms with Crippen molar-refractivity contribution < 1.29 is 19.4 Å². The fourth-order valence-electron chi connectivity index (χ4n) is 2.27. The van der Waals surface area contributed by atoms with Crippen molar-refractivity contribution in [2.75, 3.05) is 18.5 Å². The summed E-state index contributed by atoms with van der Waals surface area (Å²) in [5.41, 5.74) is 0.981. The third-order valence-electron chi connectivity index (χ3n) is 3.48. The summed E-state index contributed by atoms with van der Waals surface area (Å²) in [7, 11) is 0. The van der Waals surface area contributed by atoms with Crippen LogP contribution in [0.4, 0.5) is 5.69 Å². The Bertz CT molecular complexity index is 931. The van der Waals surface area contributed by atoms with Gasteiger partial charge < -0.3 is 19.9 Å². The zero-order valence-electron chi connectivity index (χ0n) is 15.2. The van der Waals surface area contributed by atoms with Crippen LogP contribution in [0, 0.1) is 11.3 Å². The zero-order chi connectivity index (χ0) is 20.5. The van der Waals surface area contributed by atoms with Crippen molar-refractivity contribution >= 4 is 33.6 Å². The monoisotopic (exact) mass is 442 g/mol. The van der Waals surface area contributed by atoms with Gasteiger partial charge in [0.2, 0.25) is 0 Å². The Morgan fingerprint density at radius 2 is 2.04 bits per heavy atom. The highest BCUT2D eigenvalue weighted by Gasteiger charge is 2.14. The molecule has 1 amide bonds. The fraction of sp³-hybridized carbons (Fsp3) is 0.143. The second-order valence-electron chi connectivity index (χ2n) is 5.53. The van der Waals surface area contributed by atoms with Gasteiger partial charge in [-0.1, -0.05) is 12.7 Å². The molecule has 0 saturated heterocycles. The van der Waals surface area contributed by atoms with Crippen LogP contribution in [0.3, 0.4) is 0 Å². The van der Waals surface area contributed by atoms with Crippen molar-refractivity contribution in [3.05, 3.63) is 64.7 Å². The summed E-state index contributed by atoms with van der Waals surface area (Å²) in [5.74, 6) is 0.530. The van der Waals surface area contributed by atoms with Crippen LogP contribution in [0.25, 0.3) is 6.08 Å². The van der Waals surface area contributed by atoms with Crippen molar-refractivity contribution in [1.82, 2.24) is 0 Å². The number of rotatable bonds is 8. The molecule has 0 aliphatic rings. The minimum atomic E-state index is -0.561. The van der Waals surface area contributed by atoms with E-state index >= 15 is 0 Å². The van der Waals surface area contributed by atoms with Crippen molar-refractivity contribution in [2.45, 2.75) is 6.92 Å². The molecule has 0 unspecified atom stereocenters. The highest BCUT2D eigenvalue weighted by molar-refractivity contribution is 9.10. The SMILES string of the molecule is C=CCOc1c(Br)cc(/C=C(/C#N)C(=O)Nc2ccc(O)cc2)cc1OCC. The van der Waals surface area contributed by atoms with Gasteiger partial charge in [-0.2, -0.15) is 5.26 Å². The van der Waals surface area contributed by atoms with E-state index in [0.717, 1.165) is 0 Å². The number of halogens is 1. The van der Waals surface area contributed by atoms with E-state index in [1.807, 2.05) is 13.0 Å². The van der Waals surface area contributed by atoms with Crippen molar-refractivity contribution in [3.63, 3.8) is 0 Å². The molecule has 6 nitrogen and oxygen atoms in total. The number of carbonyl (C=O) groups excluding carboxylic acids is 1. The van der Waals surface area contributed by atoms with Gasteiger partial charge in [0.05, 0.1) is 11.1 Å². The van der Waals surface area contributed by atoms with Crippen LogP contribution in [0.5, 0.6) is 17.2 Å². The van der Waals surface area contributed by atoms with E-state index in [1.54, 1.807) is 18.2 Å². The lowest BCUT2D eigenvalue weighted by Gasteiger charge is -2.14. The Morgan fingerprint density at radius 1 is 1.32 bits per heavy atom. The van der Waals surface area contributed by atoms with E-state index in [2.05, 4.69) is 27.8 Å². The highest BCUT2D eigenvalue weighted by Crippen LogP contribution is 2.37. The quantitative estimate of drug-likeness (QED) is 0.268. The average Bonchev–Trinajstić information content (AvgIpc) is 2.67. The van der Waals surface area contributed by atoms with E-state index in [9.17, 15) is 15.2 Å². The van der Waals surface area contributed by atoms with E-state index in [4.69, 9.17) is 9.47 Å². The first-order valence-electron chi connectivity index (χ1n) is 8.40. The minimum Gasteiger partial charge on any atom is -0.508 e. The summed E-state index contributed by atoms with van der Waals surface area (Å²) in [6.45, 7) is 6.21. The lowest BCUT2D eigenvalue weighted by atomic mass is 10.1. The Labute approximate surface area is 171 Å². The number of phenols is 1. The Kier molecular flexibility index (Phi) is 7.66. The number of carbonyl (C=O) groups is 1. The van der Waals surface area contributed by atoms with Gasteiger partial charge in [-0.15, -0.1) is 0 Å². The molecule has 0 heterocycles. The van der Waals surface area contributed by atoms with Crippen molar-refractivity contribution in [2.24, 2.45) is 0 Å². The van der Waals surface area contributed by atoms with E-state index < -0.39 is 5.91 Å². The number of hydrogen-bond donors (Lipinski definition) is 2. The van der Waals surface area contributed by atoms with Crippen LogP contribution in [-0.2, 0) is 4.79 Å². The first kappa shape index (κ1) is 21.1. The summed E-state index contributed by atoms with van der Waals surface area (Å²) in [6.07, 6.45) is 3.08. The molecule has 28 heavy (non-hydrogen) atoms. The van der Waals surface area contributed by atoms with Crippen LogP contribution in [0.15, 0.2) is 59.1 Å². The molecule has 2 N–H and O–H groups in total. The van der Waals surface area contributed by atoms with Crippen LogP contribution in [-0.4, -0.2) is 24.2 Å². The van der Waals surface area contributed by atoms with Gasteiger partial charge in [0.15, 0.2) is 11.5 Å². The van der Waals surface area contributed by atoms with Gasteiger partial charge in [0.1, 0.15) is 24.0 Å². The molecular weight excluding hydrogens is 424 g/mol. The summed E-state index contributed by atoms with van der Waals surface area (Å²) in [4.78, 5) is 12.4. The third kappa shape index (κ3) is 5.63. The number of ether oxygens (including phenoxy) is 2. The predicted octanol–water partition coefficient (Wildman–Crippen LogP) is 4.66.